The highest BCUT2D eigenvalue weighted by molar-refractivity contribution is 6.23. The molecule has 21 heavy (non-hydrogen) atoms. The monoisotopic (exact) mass is 288 g/mol. The summed E-state index contributed by atoms with van der Waals surface area (Å²) in [6.07, 6.45) is 0. The van der Waals surface area contributed by atoms with Crippen molar-refractivity contribution in [2.75, 3.05) is 5.73 Å². The van der Waals surface area contributed by atoms with Crippen molar-refractivity contribution >= 4 is 17.5 Å². The van der Waals surface area contributed by atoms with E-state index in [1.165, 1.54) is 12.1 Å². The third kappa shape index (κ3) is 2.05. The molecule has 0 radical (unpaired) electrons. The molecule has 0 unspecified atom stereocenters. The molecule has 1 heterocycles. The van der Waals surface area contributed by atoms with Gasteiger partial charge < -0.3 is 5.73 Å². The van der Waals surface area contributed by atoms with Crippen molar-refractivity contribution in [3.8, 4) is 0 Å². The lowest BCUT2D eigenvalue weighted by molar-refractivity contribution is 0.0641. The van der Waals surface area contributed by atoms with E-state index in [2.05, 4.69) is 0 Å². The molecule has 0 bridgehead atoms. The molecule has 106 valence electrons. The minimum atomic E-state index is -0.680. The molecule has 1 aliphatic rings. The maximum atomic E-state index is 13.6. The van der Waals surface area contributed by atoms with Crippen molar-refractivity contribution in [3.63, 3.8) is 0 Å². The summed E-state index contributed by atoms with van der Waals surface area (Å²) < 4.78 is 26.8. The van der Waals surface area contributed by atoms with Crippen LogP contribution in [-0.4, -0.2) is 16.7 Å². The molecular weight excluding hydrogens is 278 g/mol. The van der Waals surface area contributed by atoms with E-state index in [1.807, 2.05) is 0 Å². The number of carbonyl (C=O) groups is 2. The predicted molar refractivity (Wildman–Crippen MR) is 71.4 cm³/mol. The van der Waals surface area contributed by atoms with Crippen LogP contribution in [0.5, 0.6) is 0 Å². The second-order valence-corrected chi connectivity index (χ2v) is 4.70. The second-order valence-electron chi connectivity index (χ2n) is 4.70. The first-order valence-electron chi connectivity index (χ1n) is 6.17. The van der Waals surface area contributed by atoms with Crippen molar-refractivity contribution in [1.29, 1.82) is 0 Å². The number of nitrogens with zero attached hydrogens (tertiary/aromatic N) is 1. The number of imide groups is 1. The largest absolute Gasteiger partial charge is 0.398 e. The molecule has 0 saturated heterocycles. The van der Waals surface area contributed by atoms with Gasteiger partial charge in [0.05, 0.1) is 17.7 Å². The zero-order chi connectivity index (χ0) is 15.1. The molecule has 0 fully saturated rings. The van der Waals surface area contributed by atoms with Gasteiger partial charge in [-0.15, -0.1) is 0 Å². The molecule has 0 atom stereocenters. The summed E-state index contributed by atoms with van der Waals surface area (Å²) in [6.45, 7) is -0.338. The molecule has 0 saturated carbocycles. The third-order valence-corrected chi connectivity index (χ3v) is 3.37. The van der Waals surface area contributed by atoms with Crippen LogP contribution < -0.4 is 5.73 Å². The lowest BCUT2D eigenvalue weighted by Crippen LogP contribution is -2.29. The normalized spacial score (nSPS) is 13.7. The summed E-state index contributed by atoms with van der Waals surface area (Å²) in [5, 5.41) is 0. The number of nitrogens with two attached hydrogens (primary N) is 1. The Morgan fingerprint density at radius 2 is 1.81 bits per heavy atom. The standard InChI is InChI=1S/C15H10F2N2O2/c16-9-4-5-11(17)8(6-9)7-19-14(20)10-2-1-3-12(18)13(10)15(19)21/h1-6H,7,18H2. The summed E-state index contributed by atoms with van der Waals surface area (Å²) in [5.74, 6) is -2.48. The maximum absolute atomic E-state index is 13.6. The van der Waals surface area contributed by atoms with Crippen LogP contribution in [0, 0.1) is 11.6 Å². The number of rotatable bonds is 2. The fourth-order valence-electron chi connectivity index (χ4n) is 2.34. The number of hydrogen-bond acceptors (Lipinski definition) is 3. The van der Waals surface area contributed by atoms with Crippen LogP contribution in [0.25, 0.3) is 0 Å². The van der Waals surface area contributed by atoms with Gasteiger partial charge in [0.15, 0.2) is 0 Å². The summed E-state index contributed by atoms with van der Waals surface area (Å²) in [7, 11) is 0. The van der Waals surface area contributed by atoms with E-state index < -0.39 is 23.4 Å². The number of hydrogen-bond donors (Lipinski definition) is 1. The van der Waals surface area contributed by atoms with Crippen molar-refractivity contribution in [2.24, 2.45) is 0 Å². The molecule has 6 heteroatoms. The topological polar surface area (TPSA) is 63.4 Å². The van der Waals surface area contributed by atoms with Gasteiger partial charge >= 0.3 is 0 Å². The van der Waals surface area contributed by atoms with Crippen LogP contribution >= 0.6 is 0 Å². The zero-order valence-corrected chi connectivity index (χ0v) is 10.8. The van der Waals surface area contributed by atoms with Gasteiger partial charge in [0.2, 0.25) is 0 Å². The molecule has 1 aliphatic heterocycles. The molecule has 2 N–H and O–H groups in total. The fourth-order valence-corrected chi connectivity index (χ4v) is 2.34. The number of nitrogen functional groups attached to an aromatic ring is 1. The van der Waals surface area contributed by atoms with Crippen LogP contribution in [0.15, 0.2) is 36.4 Å². The molecular formula is C15H10F2N2O2. The summed E-state index contributed by atoms with van der Waals surface area (Å²) in [6, 6.07) is 7.44. The van der Waals surface area contributed by atoms with Gasteiger partial charge in [-0.2, -0.15) is 0 Å². The summed E-state index contributed by atoms with van der Waals surface area (Å²) >= 11 is 0. The Morgan fingerprint density at radius 1 is 1.05 bits per heavy atom. The van der Waals surface area contributed by atoms with Gasteiger partial charge in [-0.05, 0) is 30.3 Å². The Hall–Kier alpha value is -2.76. The second kappa shape index (κ2) is 4.66. The van der Waals surface area contributed by atoms with Crippen molar-refractivity contribution in [1.82, 2.24) is 4.90 Å². The molecule has 0 aromatic heterocycles. The first-order chi connectivity index (χ1) is 9.99. The molecule has 2 aromatic rings. The van der Waals surface area contributed by atoms with Crippen LogP contribution in [0.4, 0.5) is 14.5 Å². The highest BCUT2D eigenvalue weighted by Crippen LogP contribution is 2.29. The van der Waals surface area contributed by atoms with Crippen LogP contribution in [-0.2, 0) is 6.54 Å². The molecule has 3 rings (SSSR count). The predicted octanol–water partition coefficient (Wildman–Crippen LogP) is 2.34. The highest BCUT2D eigenvalue weighted by atomic mass is 19.1. The first kappa shape index (κ1) is 13.2. The third-order valence-electron chi connectivity index (χ3n) is 3.37. The molecule has 2 amide bonds. The van der Waals surface area contributed by atoms with Crippen LogP contribution in [0.3, 0.4) is 0 Å². The van der Waals surface area contributed by atoms with Crippen LogP contribution in [0.1, 0.15) is 26.3 Å². The average Bonchev–Trinajstić information content (AvgIpc) is 2.69. The number of halogens is 2. The van der Waals surface area contributed by atoms with Gasteiger partial charge in [-0.25, -0.2) is 8.78 Å². The van der Waals surface area contributed by atoms with E-state index >= 15 is 0 Å². The Balaban J connectivity index is 1.99. The Labute approximate surface area is 118 Å². The molecule has 0 spiro atoms. The van der Waals surface area contributed by atoms with E-state index in [4.69, 9.17) is 5.73 Å². The number of anilines is 1. The summed E-state index contributed by atoms with van der Waals surface area (Å²) in [4.78, 5) is 25.3. The van der Waals surface area contributed by atoms with Gasteiger partial charge in [0.25, 0.3) is 11.8 Å². The SMILES string of the molecule is Nc1cccc2c1C(=O)N(Cc1cc(F)ccc1F)C2=O. The van der Waals surface area contributed by atoms with Gasteiger partial charge in [-0.3, -0.25) is 14.5 Å². The number of amides is 2. The molecule has 4 nitrogen and oxygen atoms in total. The fraction of sp³-hybridized carbons (Fsp3) is 0.0667. The van der Waals surface area contributed by atoms with Gasteiger partial charge in [-0.1, -0.05) is 6.07 Å². The maximum Gasteiger partial charge on any atom is 0.263 e. The van der Waals surface area contributed by atoms with Gasteiger partial charge in [0.1, 0.15) is 11.6 Å². The van der Waals surface area contributed by atoms with E-state index in [0.29, 0.717) is 0 Å². The van der Waals surface area contributed by atoms with Crippen molar-refractivity contribution < 1.29 is 18.4 Å². The van der Waals surface area contributed by atoms with E-state index in [0.717, 1.165) is 23.1 Å². The quantitative estimate of drug-likeness (QED) is 0.681. The Morgan fingerprint density at radius 3 is 2.52 bits per heavy atom. The minimum Gasteiger partial charge on any atom is -0.398 e. The summed E-state index contributed by atoms with van der Waals surface area (Å²) in [5.41, 5.74) is 6.11. The van der Waals surface area contributed by atoms with E-state index in [1.54, 1.807) is 6.07 Å². The van der Waals surface area contributed by atoms with E-state index in [9.17, 15) is 18.4 Å². The lowest BCUT2D eigenvalue weighted by Gasteiger charge is -2.14. The van der Waals surface area contributed by atoms with Crippen molar-refractivity contribution in [3.05, 3.63) is 64.7 Å². The van der Waals surface area contributed by atoms with E-state index in [-0.39, 0.29) is 28.9 Å². The number of fused-ring (bicyclic) bond motifs is 1. The molecule has 0 aliphatic carbocycles. The average molecular weight is 288 g/mol. The highest BCUT2D eigenvalue weighted by Gasteiger charge is 2.37. The zero-order valence-electron chi connectivity index (χ0n) is 10.8. The Bertz CT molecular complexity index is 774. The molecule has 2 aromatic carbocycles. The Kier molecular flexibility index (Phi) is 2.94. The minimum absolute atomic E-state index is 0.0666. The smallest absolute Gasteiger partial charge is 0.263 e. The first-order valence-corrected chi connectivity index (χ1v) is 6.17. The van der Waals surface area contributed by atoms with Gasteiger partial charge in [0, 0.05) is 11.3 Å². The van der Waals surface area contributed by atoms with Crippen LogP contribution in [0.2, 0.25) is 0 Å². The lowest BCUT2D eigenvalue weighted by atomic mass is 10.1. The number of carbonyl (C=O) groups excluding carboxylic acids is 2. The number of benzene rings is 2. The van der Waals surface area contributed by atoms with Crippen molar-refractivity contribution in [2.45, 2.75) is 6.54 Å².